The van der Waals surface area contributed by atoms with E-state index in [2.05, 4.69) is 17.0 Å². The van der Waals surface area contributed by atoms with Gasteiger partial charge in [-0.05, 0) is 90.8 Å². The molecule has 0 bridgehead atoms. The van der Waals surface area contributed by atoms with Crippen LogP contribution in [0.15, 0.2) is 94.8 Å². The van der Waals surface area contributed by atoms with E-state index in [4.69, 9.17) is 4.74 Å². The maximum atomic E-state index is 14.3. The minimum atomic E-state index is -3.81. The number of amides is 2. The van der Waals surface area contributed by atoms with Crippen LogP contribution in [0.2, 0.25) is 0 Å². The molecule has 0 aliphatic carbocycles. The van der Waals surface area contributed by atoms with Crippen molar-refractivity contribution in [2.75, 3.05) is 37.7 Å². The number of rotatable bonds is 12. The third-order valence-corrected chi connectivity index (χ3v) is 9.88. The van der Waals surface area contributed by atoms with E-state index in [1.165, 1.54) is 33.5 Å². The Morgan fingerprint density at radius 1 is 1.02 bits per heavy atom. The maximum absolute atomic E-state index is 14.3. The highest BCUT2D eigenvalue weighted by Gasteiger charge is 2.28. The quantitative estimate of drug-likeness (QED) is 0.164. The van der Waals surface area contributed by atoms with Crippen molar-refractivity contribution in [2.45, 2.75) is 24.3 Å². The smallest absolute Gasteiger partial charge is 0.260 e. The Balaban J connectivity index is 1.53. The molecule has 0 aromatic heterocycles. The van der Waals surface area contributed by atoms with Crippen LogP contribution in [-0.4, -0.2) is 70.6 Å². The number of hydrogen-bond acceptors (Lipinski definition) is 6. The highest BCUT2D eigenvalue weighted by molar-refractivity contribution is 7.89. The van der Waals surface area contributed by atoms with Crippen LogP contribution in [0, 0.1) is 18.6 Å². The first-order chi connectivity index (χ1) is 22.6. The molecule has 4 aromatic carbocycles. The number of aryl methyl sites for hydroxylation is 1. The van der Waals surface area contributed by atoms with E-state index in [1.54, 1.807) is 18.2 Å². The predicted octanol–water partition coefficient (Wildman–Crippen LogP) is 5.30. The molecule has 244 valence electrons. The van der Waals surface area contributed by atoms with Crippen molar-refractivity contribution >= 4 is 40.4 Å². The summed E-state index contributed by atoms with van der Waals surface area (Å²) in [5.41, 5.74) is 3.97. The lowest BCUT2D eigenvalue weighted by Crippen LogP contribution is -2.45. The lowest BCUT2D eigenvalue weighted by Gasteiger charge is -2.29. The number of sulfonamides is 1. The SMILES string of the molecule is C=Nc1cc(-c2ccccc2C)ccc1C(=O)N(CC(Cc1cc(F)cc(F)c1)NC=O)c1ccc(S(=O)(=O)N2CCOCC2)cc1. The number of hydrogen-bond donors (Lipinski definition) is 1. The summed E-state index contributed by atoms with van der Waals surface area (Å²) in [6.07, 6.45) is 0.453. The van der Waals surface area contributed by atoms with Crippen LogP contribution >= 0.6 is 0 Å². The van der Waals surface area contributed by atoms with E-state index < -0.39 is 33.6 Å². The summed E-state index contributed by atoms with van der Waals surface area (Å²) >= 11 is 0. The Kier molecular flexibility index (Phi) is 10.5. The average Bonchev–Trinajstić information content (AvgIpc) is 3.07. The summed E-state index contributed by atoms with van der Waals surface area (Å²) < 4.78 is 61.2. The molecule has 1 heterocycles. The first kappa shape index (κ1) is 33.6. The molecular weight excluding hydrogens is 626 g/mol. The molecule has 9 nitrogen and oxygen atoms in total. The third kappa shape index (κ3) is 7.79. The van der Waals surface area contributed by atoms with Crippen LogP contribution in [0.1, 0.15) is 21.5 Å². The molecule has 47 heavy (non-hydrogen) atoms. The molecular formula is C35H34F2N4O5S. The second kappa shape index (κ2) is 14.8. The van der Waals surface area contributed by atoms with Gasteiger partial charge in [-0.25, -0.2) is 17.2 Å². The Morgan fingerprint density at radius 2 is 1.70 bits per heavy atom. The Morgan fingerprint density at radius 3 is 2.34 bits per heavy atom. The highest BCUT2D eigenvalue weighted by Crippen LogP contribution is 2.32. The third-order valence-electron chi connectivity index (χ3n) is 7.97. The van der Waals surface area contributed by atoms with Gasteiger partial charge >= 0.3 is 0 Å². The van der Waals surface area contributed by atoms with Crippen molar-refractivity contribution in [3.8, 4) is 11.1 Å². The van der Waals surface area contributed by atoms with Crippen molar-refractivity contribution in [3.05, 3.63) is 113 Å². The summed E-state index contributed by atoms with van der Waals surface area (Å²) in [5.74, 6) is -2.05. The molecule has 1 aliphatic rings. The second-order valence-corrected chi connectivity index (χ2v) is 13.0. The van der Waals surface area contributed by atoms with Crippen LogP contribution in [0.25, 0.3) is 11.1 Å². The first-order valence-corrected chi connectivity index (χ1v) is 16.4. The van der Waals surface area contributed by atoms with Gasteiger partial charge in [-0.2, -0.15) is 4.31 Å². The number of morpholine rings is 1. The highest BCUT2D eigenvalue weighted by atomic mass is 32.2. The number of nitrogens with zero attached hydrogens (tertiary/aromatic N) is 3. The lowest BCUT2D eigenvalue weighted by molar-refractivity contribution is -0.110. The number of carbonyl (C=O) groups excluding carboxylic acids is 2. The fraction of sp³-hybridized carbons (Fsp3) is 0.229. The number of halogens is 2. The molecule has 0 radical (unpaired) electrons. The van der Waals surface area contributed by atoms with Gasteiger partial charge in [0.1, 0.15) is 11.6 Å². The zero-order chi connectivity index (χ0) is 33.6. The maximum Gasteiger partial charge on any atom is 0.260 e. The molecule has 12 heteroatoms. The van der Waals surface area contributed by atoms with Gasteiger partial charge in [0, 0.05) is 31.4 Å². The van der Waals surface area contributed by atoms with Crippen molar-refractivity contribution in [1.29, 1.82) is 0 Å². The monoisotopic (exact) mass is 660 g/mol. The van der Waals surface area contributed by atoms with Crippen molar-refractivity contribution in [3.63, 3.8) is 0 Å². The van der Waals surface area contributed by atoms with Crippen molar-refractivity contribution in [2.24, 2.45) is 4.99 Å². The second-order valence-electron chi connectivity index (χ2n) is 11.1. The van der Waals surface area contributed by atoms with E-state index in [9.17, 15) is 26.8 Å². The molecule has 2 amide bonds. The van der Waals surface area contributed by atoms with Gasteiger partial charge in [0.05, 0.1) is 35.4 Å². The van der Waals surface area contributed by atoms with Crippen LogP contribution in [-0.2, 0) is 26.0 Å². The molecule has 1 atom stereocenters. The van der Waals surface area contributed by atoms with Crippen LogP contribution in [0.4, 0.5) is 20.2 Å². The number of anilines is 1. The topological polar surface area (TPSA) is 108 Å². The summed E-state index contributed by atoms with van der Waals surface area (Å²) in [5, 5.41) is 2.65. The van der Waals surface area contributed by atoms with Gasteiger partial charge in [-0.1, -0.05) is 30.3 Å². The summed E-state index contributed by atoms with van der Waals surface area (Å²) in [6, 6.07) is 21.1. The fourth-order valence-corrected chi connectivity index (χ4v) is 7.01. The van der Waals surface area contributed by atoms with E-state index in [0.717, 1.165) is 34.9 Å². The minimum absolute atomic E-state index is 0.000515. The molecule has 1 unspecified atom stereocenters. The van der Waals surface area contributed by atoms with E-state index >= 15 is 0 Å². The van der Waals surface area contributed by atoms with Crippen molar-refractivity contribution < 1.29 is 31.5 Å². The lowest BCUT2D eigenvalue weighted by atomic mass is 9.98. The van der Waals surface area contributed by atoms with E-state index in [-0.39, 0.29) is 42.1 Å². The van der Waals surface area contributed by atoms with Crippen LogP contribution in [0.3, 0.4) is 0 Å². The molecule has 1 saturated heterocycles. The van der Waals surface area contributed by atoms with Crippen molar-refractivity contribution in [1.82, 2.24) is 9.62 Å². The summed E-state index contributed by atoms with van der Waals surface area (Å²) in [6.45, 7) is 6.57. The molecule has 5 rings (SSSR count). The zero-order valence-electron chi connectivity index (χ0n) is 25.7. The summed E-state index contributed by atoms with van der Waals surface area (Å²) in [4.78, 5) is 31.5. The Hall–Kier alpha value is -4.78. The fourth-order valence-electron chi connectivity index (χ4n) is 5.60. The number of benzene rings is 4. The van der Waals surface area contributed by atoms with Gasteiger partial charge in [-0.15, -0.1) is 0 Å². The number of nitrogens with one attached hydrogen (secondary N) is 1. The number of ether oxygens (including phenoxy) is 1. The first-order valence-electron chi connectivity index (χ1n) is 14.9. The normalized spacial score (nSPS) is 14.3. The van der Waals surface area contributed by atoms with E-state index in [0.29, 0.717) is 31.0 Å². The predicted molar refractivity (Wildman–Crippen MR) is 177 cm³/mol. The molecule has 1 N–H and O–H groups in total. The molecule has 1 aliphatic heterocycles. The van der Waals surface area contributed by atoms with Gasteiger partial charge < -0.3 is 15.0 Å². The van der Waals surface area contributed by atoms with Gasteiger partial charge in [0.25, 0.3) is 5.91 Å². The number of aliphatic imine (C=N–C) groups is 1. The van der Waals surface area contributed by atoms with Crippen LogP contribution < -0.4 is 10.2 Å². The van der Waals surface area contributed by atoms with Crippen LogP contribution in [0.5, 0.6) is 0 Å². The zero-order valence-corrected chi connectivity index (χ0v) is 26.6. The standard InChI is InChI=1S/C35H34F2N4O5S/c1-24-5-3-4-6-32(24)26-7-12-33(34(20-26)38-2)35(43)41(22-29(39-23-42)19-25-17-27(36)21-28(37)18-25)30-8-10-31(11-9-30)47(44,45)40-13-15-46-16-14-40/h3-12,17-18,20-21,23,29H,2,13-16,19,22H2,1H3,(H,39,42). The van der Waals surface area contributed by atoms with Gasteiger partial charge in [0.2, 0.25) is 16.4 Å². The summed E-state index contributed by atoms with van der Waals surface area (Å²) in [7, 11) is -3.81. The molecule has 0 spiro atoms. The molecule has 1 fully saturated rings. The minimum Gasteiger partial charge on any atom is -0.379 e. The van der Waals surface area contributed by atoms with Gasteiger partial charge in [0.15, 0.2) is 0 Å². The van der Waals surface area contributed by atoms with E-state index in [1.807, 2.05) is 31.2 Å². The molecule has 0 saturated carbocycles. The largest absolute Gasteiger partial charge is 0.379 e. The molecule has 4 aromatic rings. The van der Waals surface area contributed by atoms with Gasteiger partial charge in [-0.3, -0.25) is 14.6 Å². The Labute approximate surface area is 272 Å². The average molecular weight is 661 g/mol. The number of carbonyl (C=O) groups is 2. The Bertz CT molecular complexity index is 1860.